The van der Waals surface area contributed by atoms with Crippen molar-refractivity contribution in [2.24, 2.45) is 0 Å². The van der Waals surface area contributed by atoms with E-state index < -0.39 is 11.1 Å². The summed E-state index contributed by atoms with van der Waals surface area (Å²) in [5.41, 5.74) is 1.18. The number of amides is 1. The van der Waals surface area contributed by atoms with E-state index in [0.717, 1.165) is 6.07 Å². The number of hydrogen-bond donors (Lipinski definition) is 2. The highest BCUT2D eigenvalue weighted by atomic mass is 16.7. The van der Waals surface area contributed by atoms with Crippen molar-refractivity contribution in [1.29, 1.82) is 0 Å². The number of hydrogen-bond acceptors (Lipinski definition) is 7. The van der Waals surface area contributed by atoms with Gasteiger partial charge in [-0.2, -0.15) is 0 Å². The van der Waals surface area contributed by atoms with Crippen LogP contribution >= 0.6 is 0 Å². The van der Waals surface area contributed by atoms with Gasteiger partial charge in [0.15, 0.2) is 0 Å². The molecule has 2 N–H and O–H groups in total. The van der Waals surface area contributed by atoms with Crippen LogP contribution < -0.4 is 15.2 Å². The maximum absolute atomic E-state index is 11.8. The van der Waals surface area contributed by atoms with E-state index in [-0.39, 0.29) is 35.9 Å². The second-order valence-corrected chi connectivity index (χ2v) is 5.59. The summed E-state index contributed by atoms with van der Waals surface area (Å²) in [5, 5.41) is 33.1. The van der Waals surface area contributed by atoms with E-state index in [1.807, 2.05) is 0 Å². The minimum absolute atomic E-state index is 0.00550. The first kappa shape index (κ1) is 19.9. The number of carbonyl (C=O) groups excluding carboxylic acids is 2. The van der Waals surface area contributed by atoms with E-state index in [1.165, 1.54) is 12.1 Å². The maximum atomic E-state index is 11.8. The van der Waals surface area contributed by atoms with Crippen LogP contribution in [0, 0.1) is 10.1 Å². The zero-order valence-corrected chi connectivity index (χ0v) is 14.2. The SMILES string of the molecule is O=C(Cc1ccc(-c2cc([N+](=O)[O-])ccc2OC(=O)[O-])cc1)NCCCO. The Kier molecular flexibility index (Phi) is 6.84. The lowest BCUT2D eigenvalue weighted by molar-refractivity contribution is -0.384. The van der Waals surface area contributed by atoms with Gasteiger partial charge in [-0.15, -0.1) is 0 Å². The molecule has 0 aromatic heterocycles. The van der Waals surface area contributed by atoms with E-state index in [1.54, 1.807) is 24.3 Å². The summed E-state index contributed by atoms with van der Waals surface area (Å²) >= 11 is 0. The lowest BCUT2D eigenvalue weighted by Gasteiger charge is -2.14. The molecule has 0 aliphatic carbocycles. The molecule has 2 aromatic rings. The topological polar surface area (TPSA) is 142 Å². The zero-order chi connectivity index (χ0) is 19.8. The van der Waals surface area contributed by atoms with Crippen molar-refractivity contribution in [3.05, 3.63) is 58.1 Å². The number of nitrogens with one attached hydrogen (secondary N) is 1. The molecular weight excluding hydrogens is 356 g/mol. The Morgan fingerprint density at radius 3 is 2.44 bits per heavy atom. The average Bonchev–Trinajstić information content (AvgIpc) is 2.62. The summed E-state index contributed by atoms with van der Waals surface area (Å²) in [6.07, 6.45) is -1.18. The van der Waals surface area contributed by atoms with Crippen molar-refractivity contribution in [3.8, 4) is 16.9 Å². The second kappa shape index (κ2) is 9.30. The normalized spacial score (nSPS) is 10.3. The molecule has 0 spiro atoms. The maximum Gasteiger partial charge on any atom is 0.270 e. The lowest BCUT2D eigenvalue weighted by Crippen LogP contribution is -2.26. The van der Waals surface area contributed by atoms with E-state index >= 15 is 0 Å². The van der Waals surface area contributed by atoms with E-state index in [9.17, 15) is 24.8 Å². The first-order chi connectivity index (χ1) is 12.9. The van der Waals surface area contributed by atoms with Crippen LogP contribution in [0.4, 0.5) is 10.5 Å². The van der Waals surface area contributed by atoms with Crippen molar-refractivity contribution in [2.75, 3.05) is 13.2 Å². The number of carbonyl (C=O) groups is 2. The molecule has 0 unspecified atom stereocenters. The Morgan fingerprint density at radius 1 is 1.15 bits per heavy atom. The highest BCUT2D eigenvalue weighted by molar-refractivity contribution is 5.79. The molecule has 27 heavy (non-hydrogen) atoms. The number of non-ortho nitro benzene ring substituents is 1. The van der Waals surface area contributed by atoms with Crippen molar-refractivity contribution < 1.29 is 29.5 Å². The summed E-state index contributed by atoms with van der Waals surface area (Å²) < 4.78 is 4.58. The number of nitro benzene ring substituents is 1. The Balaban J connectivity index is 2.22. The molecule has 2 aromatic carbocycles. The molecule has 142 valence electrons. The Bertz CT molecular complexity index is 834. The summed E-state index contributed by atoms with van der Waals surface area (Å²) in [6, 6.07) is 10.0. The van der Waals surface area contributed by atoms with E-state index in [2.05, 4.69) is 10.1 Å². The number of aliphatic hydroxyl groups is 1. The second-order valence-electron chi connectivity index (χ2n) is 5.59. The van der Waals surface area contributed by atoms with Gasteiger partial charge in [-0.25, -0.2) is 0 Å². The number of nitro groups is 1. The van der Waals surface area contributed by atoms with Gasteiger partial charge in [0.1, 0.15) is 0 Å². The van der Waals surface area contributed by atoms with Crippen LogP contribution in [0.25, 0.3) is 11.1 Å². The minimum atomic E-state index is -1.78. The van der Waals surface area contributed by atoms with Crippen molar-refractivity contribution in [2.45, 2.75) is 12.8 Å². The van der Waals surface area contributed by atoms with Crippen molar-refractivity contribution in [3.63, 3.8) is 0 Å². The number of benzene rings is 2. The van der Waals surface area contributed by atoms with Crippen LogP contribution in [-0.2, 0) is 11.2 Å². The summed E-state index contributed by atoms with van der Waals surface area (Å²) in [7, 11) is 0. The van der Waals surface area contributed by atoms with Crippen LogP contribution in [0.15, 0.2) is 42.5 Å². The molecule has 9 heteroatoms. The number of nitrogens with zero attached hydrogens (tertiary/aromatic N) is 1. The van der Waals surface area contributed by atoms with Gasteiger partial charge in [-0.3, -0.25) is 14.9 Å². The molecule has 9 nitrogen and oxygen atoms in total. The molecule has 2 rings (SSSR count). The van der Waals surface area contributed by atoms with Gasteiger partial charge in [-0.1, -0.05) is 24.3 Å². The van der Waals surface area contributed by atoms with Crippen molar-refractivity contribution >= 4 is 17.7 Å². The summed E-state index contributed by atoms with van der Waals surface area (Å²) in [5.74, 6) is -0.289. The lowest BCUT2D eigenvalue weighted by atomic mass is 10.0. The monoisotopic (exact) mass is 373 g/mol. The number of ether oxygens (including phenoxy) is 1. The Morgan fingerprint density at radius 2 is 1.85 bits per heavy atom. The fraction of sp³-hybridized carbons (Fsp3) is 0.222. The average molecular weight is 373 g/mol. The molecule has 0 saturated carbocycles. The quantitative estimate of drug-likeness (QED) is 0.231. The smallest absolute Gasteiger partial charge is 0.270 e. The zero-order valence-electron chi connectivity index (χ0n) is 14.2. The van der Waals surface area contributed by atoms with Gasteiger partial charge in [0.2, 0.25) is 5.91 Å². The standard InChI is InChI=1S/C18H18N2O7/c21-9-1-8-19-17(22)10-12-2-4-13(5-3-12)15-11-14(20(25)26)6-7-16(15)27-18(23)24/h2-7,11,21H,1,8-10H2,(H,19,22)(H,23,24)/p-1. The van der Waals surface area contributed by atoms with Gasteiger partial charge < -0.3 is 25.1 Å². The molecule has 0 fully saturated rings. The highest BCUT2D eigenvalue weighted by Crippen LogP contribution is 2.33. The number of rotatable bonds is 8. The fourth-order valence-corrected chi connectivity index (χ4v) is 2.39. The molecule has 0 atom stereocenters. The number of carboxylic acid groups (broad SMARTS) is 1. The largest absolute Gasteiger partial charge is 0.513 e. The predicted octanol–water partition coefficient (Wildman–Crippen LogP) is 1.02. The number of aliphatic hydroxyl groups excluding tert-OH is 1. The molecule has 0 heterocycles. The van der Waals surface area contributed by atoms with Crippen molar-refractivity contribution in [1.82, 2.24) is 5.32 Å². The van der Waals surface area contributed by atoms with Gasteiger partial charge >= 0.3 is 0 Å². The van der Waals surface area contributed by atoms with Gasteiger partial charge in [0.05, 0.1) is 17.1 Å². The minimum Gasteiger partial charge on any atom is -0.513 e. The molecule has 0 saturated heterocycles. The first-order valence-corrected chi connectivity index (χ1v) is 8.05. The third kappa shape index (κ3) is 5.79. The third-order valence-electron chi connectivity index (χ3n) is 3.65. The predicted molar refractivity (Wildman–Crippen MR) is 93.0 cm³/mol. The summed E-state index contributed by atoms with van der Waals surface area (Å²) in [6.45, 7) is 0.374. The summed E-state index contributed by atoms with van der Waals surface area (Å²) in [4.78, 5) is 32.9. The Hall–Kier alpha value is -3.46. The fourth-order valence-electron chi connectivity index (χ4n) is 2.39. The van der Waals surface area contributed by atoms with Crippen LogP contribution in [0.1, 0.15) is 12.0 Å². The highest BCUT2D eigenvalue weighted by Gasteiger charge is 2.13. The van der Waals surface area contributed by atoms with Gasteiger partial charge in [0, 0.05) is 30.8 Å². The van der Waals surface area contributed by atoms with Crippen LogP contribution in [0.2, 0.25) is 0 Å². The van der Waals surface area contributed by atoms with Crippen LogP contribution in [-0.4, -0.2) is 35.2 Å². The molecule has 0 bridgehead atoms. The van der Waals surface area contributed by atoms with Crippen LogP contribution in [0.5, 0.6) is 5.75 Å². The molecule has 1 amide bonds. The molecule has 0 aliphatic rings. The first-order valence-electron chi connectivity index (χ1n) is 8.05. The van der Waals surface area contributed by atoms with E-state index in [4.69, 9.17) is 5.11 Å². The van der Waals surface area contributed by atoms with Crippen LogP contribution in [0.3, 0.4) is 0 Å². The Labute approximate surface area is 154 Å². The third-order valence-corrected chi connectivity index (χ3v) is 3.65. The van der Waals surface area contributed by atoms with Gasteiger partial charge in [0.25, 0.3) is 11.8 Å². The molecule has 0 radical (unpaired) electrons. The van der Waals surface area contributed by atoms with Gasteiger partial charge in [-0.05, 0) is 23.6 Å². The van der Waals surface area contributed by atoms with E-state index in [0.29, 0.717) is 24.1 Å². The molecular formula is C18H17N2O7-. The molecule has 0 aliphatic heterocycles.